The minimum atomic E-state index is -4.98. The predicted molar refractivity (Wildman–Crippen MR) is 191 cm³/mol. The normalized spacial score (nSPS) is 13.9. The molecular weight excluding hydrogens is 755 g/mol. The minimum absolute atomic E-state index is 0.0615. The Morgan fingerprint density at radius 3 is 2.22 bits per heavy atom. The van der Waals surface area contributed by atoms with Crippen LogP contribution in [0.3, 0.4) is 0 Å². The molecule has 3 atom stereocenters. The van der Waals surface area contributed by atoms with Crippen LogP contribution < -0.4 is 20.7 Å². The fraction of sp³-hybridized carbons (Fsp3) is 0.371. The number of benzene rings is 2. The molecule has 0 aliphatic heterocycles. The van der Waals surface area contributed by atoms with Crippen molar-refractivity contribution in [2.45, 2.75) is 69.2 Å². The van der Waals surface area contributed by atoms with E-state index in [0.717, 1.165) is 17.1 Å². The summed E-state index contributed by atoms with van der Waals surface area (Å²) in [6.45, 7) is 5.18. The number of aryl methyl sites for hydroxylation is 1. The molecule has 4 rings (SSSR count). The second kappa shape index (κ2) is 16.9. The van der Waals surface area contributed by atoms with Gasteiger partial charge < -0.3 is 25.6 Å². The molecule has 19 heteroatoms. The van der Waals surface area contributed by atoms with Gasteiger partial charge in [-0.05, 0) is 59.9 Å². The van der Waals surface area contributed by atoms with E-state index in [0.29, 0.717) is 17.5 Å². The molecule has 3 amide bonds. The monoisotopic (exact) mass is 793 g/mol. The van der Waals surface area contributed by atoms with Gasteiger partial charge in [0.25, 0.3) is 0 Å². The second-order valence-electron chi connectivity index (χ2n) is 13.5. The number of sulfonamides is 1. The first kappa shape index (κ1) is 41.7. The van der Waals surface area contributed by atoms with Gasteiger partial charge >= 0.3 is 12.1 Å². The van der Waals surface area contributed by atoms with E-state index in [9.17, 15) is 45.9 Å². The maximum atomic E-state index is 13.9. The summed E-state index contributed by atoms with van der Waals surface area (Å²) in [6, 6.07) is 8.98. The van der Waals surface area contributed by atoms with Crippen molar-refractivity contribution in [2.24, 2.45) is 12.5 Å². The van der Waals surface area contributed by atoms with Gasteiger partial charge in [0.1, 0.15) is 17.9 Å². The fourth-order valence-electron chi connectivity index (χ4n) is 5.46. The summed E-state index contributed by atoms with van der Waals surface area (Å²) in [5, 5.41) is 16.8. The Labute approximate surface area is 313 Å². The average molecular weight is 794 g/mol. The Kier molecular flexibility index (Phi) is 13.1. The van der Waals surface area contributed by atoms with Gasteiger partial charge in [-0.1, -0.05) is 44.5 Å². The van der Waals surface area contributed by atoms with E-state index in [2.05, 4.69) is 20.9 Å². The lowest BCUT2D eigenvalue weighted by Crippen LogP contribution is -2.52. The number of fused-ring (bicyclic) bond motifs is 1. The summed E-state index contributed by atoms with van der Waals surface area (Å²) in [5.74, 6) is -3.23. The molecule has 0 radical (unpaired) electrons. The van der Waals surface area contributed by atoms with Gasteiger partial charge in [0.05, 0.1) is 39.1 Å². The average Bonchev–Trinajstić information content (AvgIpc) is 3.42. The molecular formula is C35H39ClF3N7O7S. The summed E-state index contributed by atoms with van der Waals surface area (Å²) in [5.41, 5.74) is 0.325. The van der Waals surface area contributed by atoms with Crippen LogP contribution in [0, 0.1) is 5.41 Å². The van der Waals surface area contributed by atoms with Crippen molar-refractivity contribution in [1.29, 1.82) is 0 Å². The van der Waals surface area contributed by atoms with E-state index in [-0.39, 0.29) is 12.5 Å². The third-order valence-corrected chi connectivity index (χ3v) is 10.1. The number of carboxylic acid groups (broad SMARTS) is 1. The molecule has 290 valence electrons. The van der Waals surface area contributed by atoms with Crippen molar-refractivity contribution in [3.05, 3.63) is 89.0 Å². The lowest BCUT2D eigenvalue weighted by Gasteiger charge is -2.32. The molecule has 0 saturated carbocycles. The summed E-state index contributed by atoms with van der Waals surface area (Å²) in [7, 11) is -2.96. The molecule has 2 heterocycles. The first-order chi connectivity index (χ1) is 25.2. The van der Waals surface area contributed by atoms with Crippen molar-refractivity contribution in [1.82, 2.24) is 35.2 Å². The van der Waals surface area contributed by atoms with E-state index in [4.69, 9.17) is 16.6 Å². The van der Waals surface area contributed by atoms with Gasteiger partial charge in [0.2, 0.25) is 27.7 Å². The maximum absolute atomic E-state index is 13.9. The molecule has 2 aromatic carbocycles. The molecule has 14 nitrogen and oxygen atoms in total. The molecule has 0 aliphatic carbocycles. The van der Waals surface area contributed by atoms with Crippen LogP contribution >= 0.6 is 11.6 Å². The molecule has 0 saturated heterocycles. The van der Waals surface area contributed by atoms with Gasteiger partial charge in [0, 0.05) is 32.3 Å². The fourth-order valence-corrected chi connectivity index (χ4v) is 6.94. The van der Waals surface area contributed by atoms with E-state index in [1.165, 1.54) is 12.4 Å². The Balaban J connectivity index is 1.41. The minimum Gasteiger partial charge on any atom is -0.480 e. The SMILES string of the molecule is Cn1c([C@@H](NC(=O)[C@H](Cc2ccncc2)NC(=O)CNC(=O)CC[C@H](NS(=O)(=O)c2ccc(Cl)c(C(F)(F)F)c2)C(=O)O)C(C)(C)C)nc2ccccc21. The maximum Gasteiger partial charge on any atom is 0.417 e. The largest absolute Gasteiger partial charge is 0.480 e. The van der Waals surface area contributed by atoms with Crippen LogP contribution in [-0.2, 0) is 48.8 Å². The number of aromatic nitrogens is 3. The number of nitrogens with zero attached hydrogens (tertiary/aromatic N) is 3. The number of nitrogens with one attached hydrogen (secondary N) is 4. The van der Waals surface area contributed by atoms with E-state index in [1.54, 1.807) is 16.9 Å². The van der Waals surface area contributed by atoms with Crippen LogP contribution in [0.2, 0.25) is 5.02 Å². The summed E-state index contributed by atoms with van der Waals surface area (Å²) in [4.78, 5) is 59.3. The Hall–Kier alpha value is -5.07. The number of pyridine rings is 1. The van der Waals surface area contributed by atoms with Crippen LogP contribution in [-0.4, -0.2) is 70.4 Å². The molecule has 0 aliphatic rings. The number of halogens is 4. The van der Waals surface area contributed by atoms with E-state index in [1.807, 2.05) is 56.7 Å². The van der Waals surface area contributed by atoms with Gasteiger partial charge in [-0.2, -0.15) is 17.9 Å². The molecule has 2 aromatic heterocycles. The van der Waals surface area contributed by atoms with Crippen molar-refractivity contribution >= 4 is 56.3 Å². The number of carboxylic acids is 1. The number of rotatable bonds is 15. The lowest BCUT2D eigenvalue weighted by molar-refractivity contribution is -0.139. The van der Waals surface area contributed by atoms with Crippen LogP contribution in [0.25, 0.3) is 11.0 Å². The number of hydrogen-bond acceptors (Lipinski definition) is 8. The molecule has 54 heavy (non-hydrogen) atoms. The number of alkyl halides is 3. The first-order valence-electron chi connectivity index (χ1n) is 16.5. The molecule has 0 bridgehead atoms. The zero-order chi connectivity index (χ0) is 40.0. The van der Waals surface area contributed by atoms with Crippen molar-refractivity contribution in [3.63, 3.8) is 0 Å². The van der Waals surface area contributed by atoms with Crippen molar-refractivity contribution in [2.75, 3.05) is 6.54 Å². The number of imidazole rings is 1. The molecule has 4 aromatic rings. The smallest absolute Gasteiger partial charge is 0.417 e. The zero-order valence-electron chi connectivity index (χ0n) is 29.6. The quantitative estimate of drug-likeness (QED) is 0.118. The summed E-state index contributed by atoms with van der Waals surface area (Å²) >= 11 is 5.55. The predicted octanol–water partition coefficient (Wildman–Crippen LogP) is 3.90. The van der Waals surface area contributed by atoms with Crippen LogP contribution in [0.1, 0.15) is 56.6 Å². The van der Waals surface area contributed by atoms with Crippen molar-refractivity contribution < 1.29 is 45.9 Å². The molecule has 0 spiro atoms. The number of amides is 3. The van der Waals surface area contributed by atoms with Crippen LogP contribution in [0.15, 0.2) is 71.9 Å². The van der Waals surface area contributed by atoms with Gasteiger partial charge in [0.15, 0.2) is 0 Å². The Morgan fingerprint density at radius 1 is 0.944 bits per heavy atom. The zero-order valence-corrected chi connectivity index (χ0v) is 31.1. The first-order valence-corrected chi connectivity index (χ1v) is 18.3. The lowest BCUT2D eigenvalue weighted by atomic mass is 9.85. The molecule has 0 fully saturated rings. The van der Waals surface area contributed by atoms with E-state index >= 15 is 0 Å². The number of hydrogen-bond donors (Lipinski definition) is 5. The van der Waals surface area contributed by atoms with Crippen LogP contribution in [0.4, 0.5) is 13.2 Å². The molecule has 5 N–H and O–H groups in total. The topological polar surface area (TPSA) is 201 Å². The highest BCUT2D eigenvalue weighted by atomic mass is 35.5. The number of carbonyl (C=O) groups is 4. The van der Waals surface area contributed by atoms with Crippen molar-refractivity contribution in [3.8, 4) is 0 Å². The van der Waals surface area contributed by atoms with Crippen LogP contribution in [0.5, 0.6) is 0 Å². The number of para-hydroxylation sites is 2. The number of carbonyl (C=O) groups excluding carboxylic acids is 3. The number of aliphatic carboxylic acids is 1. The third kappa shape index (κ3) is 10.8. The Morgan fingerprint density at radius 2 is 1.61 bits per heavy atom. The highest BCUT2D eigenvalue weighted by molar-refractivity contribution is 7.89. The second-order valence-corrected chi connectivity index (χ2v) is 15.6. The highest BCUT2D eigenvalue weighted by Crippen LogP contribution is 2.36. The summed E-state index contributed by atoms with van der Waals surface area (Å²) < 4.78 is 69.0. The highest BCUT2D eigenvalue weighted by Gasteiger charge is 2.36. The van der Waals surface area contributed by atoms with E-state index < -0.39 is 98.3 Å². The van der Waals surface area contributed by atoms with Gasteiger partial charge in [-0.15, -0.1) is 0 Å². The van der Waals surface area contributed by atoms with Gasteiger partial charge in [-0.25, -0.2) is 13.4 Å². The van der Waals surface area contributed by atoms with Gasteiger partial charge in [-0.3, -0.25) is 24.2 Å². The summed E-state index contributed by atoms with van der Waals surface area (Å²) in [6.07, 6.45) is -3.07. The third-order valence-electron chi connectivity index (χ3n) is 8.33. The molecule has 0 unspecified atom stereocenters. The standard InChI is InChI=1S/C35H39ClF3N7O7S/c1-34(2,3)30(31-43-24-7-5-6-8-27(24)46(31)4)44-32(49)26(17-20-13-15-40-16-14-20)42-29(48)19-41-28(47)12-11-25(33(50)51)45-54(52,53)21-9-10-23(36)22(18-21)35(37,38)39/h5-10,13-16,18,25-26,30,45H,11-12,17,19H2,1-4H3,(H,41,47)(H,42,48)(H,44,49)(H,50,51)/t25-,26-,30+/m0/s1. The Bertz CT molecular complexity index is 2120.